The molecule has 0 aromatic rings. The lowest BCUT2D eigenvalue weighted by molar-refractivity contribution is -0.145. The van der Waals surface area contributed by atoms with Crippen molar-refractivity contribution in [2.75, 3.05) is 7.11 Å². The molecule has 98 valence electrons. The molecule has 17 heavy (non-hydrogen) atoms. The van der Waals surface area contributed by atoms with Gasteiger partial charge in [0.05, 0.1) is 24.2 Å². The summed E-state index contributed by atoms with van der Waals surface area (Å²) in [4.78, 5) is 11.5. The Kier molecular flexibility index (Phi) is 3.94. The van der Waals surface area contributed by atoms with Gasteiger partial charge in [0.1, 0.15) is 0 Å². The molecule has 1 aliphatic rings. The lowest BCUT2D eigenvalue weighted by Gasteiger charge is -2.32. The van der Waals surface area contributed by atoms with Gasteiger partial charge in [0.2, 0.25) is 0 Å². The fourth-order valence-electron chi connectivity index (χ4n) is 1.74. The first-order valence-corrected chi connectivity index (χ1v) is 6.06. The smallest absolute Gasteiger partial charge is 0.461 e. The molecule has 1 heterocycles. The first kappa shape index (κ1) is 14.5. The van der Waals surface area contributed by atoms with Gasteiger partial charge in [-0.25, -0.2) is 0 Å². The quantitative estimate of drug-likeness (QED) is 0.562. The molecule has 1 aliphatic heterocycles. The van der Waals surface area contributed by atoms with E-state index in [1.54, 1.807) is 0 Å². The van der Waals surface area contributed by atoms with E-state index in [-0.39, 0.29) is 36.0 Å². The van der Waals surface area contributed by atoms with Crippen LogP contribution in [-0.4, -0.2) is 31.4 Å². The molecule has 0 unspecified atom stereocenters. The van der Waals surface area contributed by atoms with Gasteiger partial charge in [-0.3, -0.25) is 4.79 Å². The van der Waals surface area contributed by atoms with E-state index in [0.717, 1.165) is 0 Å². The third-order valence-corrected chi connectivity index (χ3v) is 4.06. The molecule has 0 amide bonds. The number of esters is 1. The molecule has 0 radical (unpaired) electrons. The summed E-state index contributed by atoms with van der Waals surface area (Å²) in [5, 5.41) is 0. The van der Waals surface area contributed by atoms with E-state index in [2.05, 4.69) is 0 Å². The van der Waals surface area contributed by atoms with Crippen LogP contribution in [0.15, 0.2) is 0 Å². The Labute approximate surface area is 104 Å². The molecule has 1 rings (SSSR count). The van der Waals surface area contributed by atoms with E-state index in [4.69, 9.17) is 14.0 Å². The molecule has 4 nitrogen and oxygen atoms in total. The minimum atomic E-state index is -0.367. The monoisotopic (exact) mass is 242 g/mol. The van der Waals surface area contributed by atoms with Crippen molar-refractivity contribution < 1.29 is 18.8 Å². The molecular formula is C12H23BO4. The molecule has 1 fully saturated rings. The van der Waals surface area contributed by atoms with E-state index in [0.29, 0.717) is 0 Å². The molecule has 1 saturated heterocycles. The summed E-state index contributed by atoms with van der Waals surface area (Å²) in [5.41, 5.74) is -0.719. The highest BCUT2D eigenvalue weighted by atomic mass is 16.7. The Morgan fingerprint density at radius 2 is 1.53 bits per heavy atom. The zero-order valence-electron chi connectivity index (χ0n) is 11.9. The topological polar surface area (TPSA) is 44.8 Å². The van der Waals surface area contributed by atoms with Crippen molar-refractivity contribution in [3.05, 3.63) is 0 Å². The molecule has 0 aromatic heterocycles. The Balaban J connectivity index is 2.74. The molecule has 0 bridgehead atoms. The normalized spacial score (nSPS) is 25.5. The van der Waals surface area contributed by atoms with Crippen LogP contribution >= 0.6 is 0 Å². The van der Waals surface area contributed by atoms with Crippen LogP contribution in [0.2, 0.25) is 5.82 Å². The Hall–Kier alpha value is -0.545. The van der Waals surface area contributed by atoms with Crippen LogP contribution in [0, 0.1) is 5.92 Å². The Morgan fingerprint density at radius 1 is 1.12 bits per heavy atom. The summed E-state index contributed by atoms with van der Waals surface area (Å²) in [6, 6.07) is 0. The van der Waals surface area contributed by atoms with Crippen molar-refractivity contribution in [2.45, 2.75) is 58.6 Å². The number of methoxy groups -OCH3 is 1. The van der Waals surface area contributed by atoms with E-state index in [9.17, 15) is 4.79 Å². The second-order valence-electron chi connectivity index (χ2n) is 5.80. The zero-order chi connectivity index (χ0) is 13.4. The van der Waals surface area contributed by atoms with Crippen molar-refractivity contribution in [3.63, 3.8) is 0 Å². The van der Waals surface area contributed by atoms with E-state index < -0.39 is 0 Å². The second-order valence-corrected chi connectivity index (χ2v) is 5.80. The van der Waals surface area contributed by atoms with Crippen molar-refractivity contribution in [1.82, 2.24) is 0 Å². The van der Waals surface area contributed by atoms with Gasteiger partial charge in [-0.2, -0.15) is 0 Å². The molecule has 5 heteroatoms. The van der Waals surface area contributed by atoms with Crippen LogP contribution in [0.25, 0.3) is 0 Å². The molecule has 0 N–H and O–H groups in total. The lowest BCUT2D eigenvalue weighted by atomic mass is 9.66. The van der Waals surface area contributed by atoms with Gasteiger partial charge in [0.15, 0.2) is 0 Å². The number of carbonyl (C=O) groups excluding carboxylic acids is 1. The van der Waals surface area contributed by atoms with Gasteiger partial charge in [-0.1, -0.05) is 13.8 Å². The molecule has 0 spiro atoms. The fraction of sp³-hybridized carbons (Fsp3) is 0.917. The van der Waals surface area contributed by atoms with Gasteiger partial charge in [0, 0.05) is 5.82 Å². The first-order chi connectivity index (χ1) is 7.62. The third kappa shape index (κ3) is 2.66. The SMILES string of the molecule is COC(=O)[C@@H](C)[C@H](C)B1OC(C)(C)C(C)(C)O1. The van der Waals surface area contributed by atoms with E-state index in [1.165, 1.54) is 7.11 Å². The predicted octanol–water partition coefficient (Wildman–Crippen LogP) is 2.28. The maximum Gasteiger partial charge on any atom is 0.461 e. The van der Waals surface area contributed by atoms with Crippen LogP contribution in [0.3, 0.4) is 0 Å². The number of hydrogen-bond acceptors (Lipinski definition) is 4. The van der Waals surface area contributed by atoms with Crippen LogP contribution < -0.4 is 0 Å². The average Bonchev–Trinajstić information content (AvgIpc) is 2.45. The van der Waals surface area contributed by atoms with Crippen LogP contribution in [0.1, 0.15) is 41.5 Å². The Bertz CT molecular complexity index is 285. The van der Waals surface area contributed by atoms with Crippen molar-refractivity contribution in [2.24, 2.45) is 5.92 Å². The molecule has 0 aliphatic carbocycles. The van der Waals surface area contributed by atoms with Crippen LogP contribution in [0.5, 0.6) is 0 Å². The summed E-state index contributed by atoms with van der Waals surface area (Å²) < 4.78 is 16.6. The van der Waals surface area contributed by atoms with Gasteiger partial charge < -0.3 is 14.0 Å². The first-order valence-electron chi connectivity index (χ1n) is 6.06. The molecular weight excluding hydrogens is 219 g/mol. The van der Waals surface area contributed by atoms with Crippen molar-refractivity contribution >= 4 is 13.1 Å². The summed E-state index contributed by atoms with van der Waals surface area (Å²) in [6.45, 7) is 11.8. The standard InChI is InChI=1S/C12H23BO4/c1-8(10(14)15-7)9(2)13-16-11(3,4)12(5,6)17-13/h8-9H,1-7H3/t8-,9-/m0/s1. The highest BCUT2D eigenvalue weighted by molar-refractivity contribution is 6.47. The lowest BCUT2D eigenvalue weighted by Crippen LogP contribution is -2.41. The largest absolute Gasteiger partial charge is 0.469 e. The number of hydrogen-bond donors (Lipinski definition) is 0. The molecule has 2 atom stereocenters. The minimum absolute atomic E-state index is 0.0384. The fourth-order valence-corrected chi connectivity index (χ4v) is 1.74. The highest BCUT2D eigenvalue weighted by Crippen LogP contribution is 2.41. The van der Waals surface area contributed by atoms with Crippen molar-refractivity contribution in [1.29, 1.82) is 0 Å². The maximum absolute atomic E-state index is 11.5. The summed E-state index contributed by atoms with van der Waals surface area (Å²) in [7, 11) is 1.03. The van der Waals surface area contributed by atoms with Crippen LogP contribution in [-0.2, 0) is 18.8 Å². The van der Waals surface area contributed by atoms with Gasteiger partial charge in [-0.05, 0) is 27.7 Å². The summed E-state index contributed by atoms with van der Waals surface area (Å²) >= 11 is 0. The Morgan fingerprint density at radius 3 is 1.88 bits per heavy atom. The highest BCUT2D eigenvalue weighted by Gasteiger charge is 2.54. The predicted molar refractivity (Wildman–Crippen MR) is 66.7 cm³/mol. The van der Waals surface area contributed by atoms with Gasteiger partial charge >= 0.3 is 13.1 Å². The maximum atomic E-state index is 11.5. The average molecular weight is 242 g/mol. The van der Waals surface area contributed by atoms with E-state index in [1.807, 2.05) is 41.5 Å². The minimum Gasteiger partial charge on any atom is -0.469 e. The zero-order valence-corrected chi connectivity index (χ0v) is 11.9. The van der Waals surface area contributed by atoms with Gasteiger partial charge in [0.25, 0.3) is 0 Å². The van der Waals surface area contributed by atoms with Gasteiger partial charge in [-0.15, -0.1) is 0 Å². The van der Waals surface area contributed by atoms with Crippen molar-refractivity contribution in [3.8, 4) is 0 Å². The number of rotatable bonds is 3. The number of ether oxygens (including phenoxy) is 1. The molecule has 0 aromatic carbocycles. The summed E-state index contributed by atoms with van der Waals surface area (Å²) in [5.74, 6) is -0.509. The number of carbonyl (C=O) groups is 1. The molecule has 0 saturated carbocycles. The second kappa shape index (κ2) is 4.61. The third-order valence-electron chi connectivity index (χ3n) is 4.06. The summed E-state index contributed by atoms with van der Waals surface area (Å²) in [6.07, 6.45) is 0. The van der Waals surface area contributed by atoms with Crippen LogP contribution in [0.4, 0.5) is 0 Å². The van der Waals surface area contributed by atoms with E-state index >= 15 is 0 Å².